The monoisotopic (exact) mass is 745 g/mol. The summed E-state index contributed by atoms with van der Waals surface area (Å²) in [5, 5.41) is 9.11. The van der Waals surface area contributed by atoms with Gasteiger partial charge in [-0.1, -0.05) is 73.7 Å². The third-order valence-electron chi connectivity index (χ3n) is 8.58. The molecule has 3 N–H and O–H groups in total. The summed E-state index contributed by atoms with van der Waals surface area (Å²) in [4.78, 5) is 54.4. The predicted molar refractivity (Wildman–Crippen MR) is 210 cm³/mol. The first kappa shape index (κ1) is 37.1. The van der Waals surface area contributed by atoms with Gasteiger partial charge in [-0.05, 0) is 90.4 Å². The number of hydrogen-bond acceptors (Lipinski definition) is 8. The van der Waals surface area contributed by atoms with E-state index in [-0.39, 0.29) is 17.4 Å². The molecule has 0 radical (unpaired) electrons. The number of methoxy groups -OCH3 is 1. The maximum absolute atomic E-state index is 13.7. The molecule has 9 nitrogen and oxygen atoms in total. The first-order valence-corrected chi connectivity index (χ1v) is 19.0. The number of thioether (sulfide) groups is 1. The van der Waals surface area contributed by atoms with E-state index in [0.29, 0.717) is 45.7 Å². The average Bonchev–Trinajstić information content (AvgIpc) is 3.53. The standard InChI is InChI=1S/C42H39N3O6S2/c1-27-16-21-34-36(22-27)53-41(38(34)42(49)50-2)45-37(46)26-52-33-15-9-14-31(24-33)43-40(48)35(44-39(47)30-12-7-4-8-13-30)23-28-17-19-32(20-18-28)51-25-29-10-5-3-6-11-29/h3-15,17-20,23-24,27H,16,21-22,25-26H2,1-2H3,(H,43,48)(H,44,47)(H,45,46)/b35-23+. The molecule has 0 saturated heterocycles. The smallest absolute Gasteiger partial charge is 0.341 e. The highest BCUT2D eigenvalue weighted by Crippen LogP contribution is 2.40. The largest absolute Gasteiger partial charge is 0.489 e. The number of esters is 1. The summed E-state index contributed by atoms with van der Waals surface area (Å²) in [6.45, 7) is 2.61. The molecule has 4 aromatic carbocycles. The van der Waals surface area contributed by atoms with Gasteiger partial charge in [-0.15, -0.1) is 23.1 Å². The molecule has 1 aliphatic carbocycles. The summed E-state index contributed by atoms with van der Waals surface area (Å²) >= 11 is 2.74. The number of carbonyl (C=O) groups is 4. The van der Waals surface area contributed by atoms with Crippen LogP contribution in [0.2, 0.25) is 0 Å². The van der Waals surface area contributed by atoms with Crippen molar-refractivity contribution in [2.75, 3.05) is 23.5 Å². The van der Waals surface area contributed by atoms with Gasteiger partial charge in [-0.2, -0.15) is 0 Å². The van der Waals surface area contributed by atoms with E-state index in [4.69, 9.17) is 9.47 Å². The lowest BCUT2D eigenvalue weighted by atomic mass is 9.88. The number of rotatable bonds is 13. The van der Waals surface area contributed by atoms with Gasteiger partial charge in [0.2, 0.25) is 5.91 Å². The maximum Gasteiger partial charge on any atom is 0.341 e. The van der Waals surface area contributed by atoms with E-state index < -0.39 is 17.8 Å². The molecule has 1 unspecified atom stereocenters. The molecule has 11 heteroatoms. The van der Waals surface area contributed by atoms with Crippen LogP contribution in [-0.2, 0) is 33.8 Å². The zero-order chi connectivity index (χ0) is 37.2. The van der Waals surface area contributed by atoms with E-state index in [2.05, 4.69) is 22.9 Å². The summed E-state index contributed by atoms with van der Waals surface area (Å²) in [6.07, 6.45) is 4.24. The number of anilines is 2. The molecule has 0 spiro atoms. The van der Waals surface area contributed by atoms with E-state index in [1.807, 2.05) is 66.7 Å². The number of carbonyl (C=O) groups excluding carboxylic acids is 4. The zero-order valence-electron chi connectivity index (χ0n) is 29.3. The topological polar surface area (TPSA) is 123 Å². The van der Waals surface area contributed by atoms with Crippen LogP contribution in [-0.4, -0.2) is 36.6 Å². The molecular weight excluding hydrogens is 707 g/mol. The van der Waals surface area contributed by atoms with Crippen LogP contribution in [0.4, 0.5) is 10.7 Å². The average molecular weight is 746 g/mol. The summed E-state index contributed by atoms with van der Waals surface area (Å²) < 4.78 is 11.0. The highest BCUT2D eigenvalue weighted by Gasteiger charge is 2.29. The summed E-state index contributed by atoms with van der Waals surface area (Å²) in [5.41, 5.74) is 4.10. The van der Waals surface area contributed by atoms with Gasteiger partial charge in [0, 0.05) is 21.0 Å². The van der Waals surface area contributed by atoms with Crippen LogP contribution < -0.4 is 20.7 Å². The molecule has 6 rings (SSSR count). The van der Waals surface area contributed by atoms with E-state index in [9.17, 15) is 19.2 Å². The minimum absolute atomic E-state index is 0.0451. The third-order valence-corrected chi connectivity index (χ3v) is 10.7. The lowest BCUT2D eigenvalue weighted by Gasteiger charge is -2.18. The molecule has 0 aliphatic heterocycles. The molecule has 270 valence electrons. The fourth-order valence-corrected chi connectivity index (χ4v) is 8.01. The second-order valence-electron chi connectivity index (χ2n) is 12.6. The van der Waals surface area contributed by atoms with Gasteiger partial charge in [-0.3, -0.25) is 14.4 Å². The minimum atomic E-state index is -0.523. The van der Waals surface area contributed by atoms with E-state index >= 15 is 0 Å². The van der Waals surface area contributed by atoms with Crippen molar-refractivity contribution in [1.29, 1.82) is 0 Å². The van der Waals surface area contributed by atoms with Crippen molar-refractivity contribution in [3.05, 3.63) is 148 Å². The van der Waals surface area contributed by atoms with Crippen molar-refractivity contribution >= 4 is 63.6 Å². The fraction of sp³-hybridized carbons (Fsp3) is 0.190. The number of fused-ring (bicyclic) bond motifs is 1. The van der Waals surface area contributed by atoms with Gasteiger partial charge in [0.1, 0.15) is 23.1 Å². The van der Waals surface area contributed by atoms with Crippen molar-refractivity contribution in [2.45, 2.75) is 37.7 Å². The van der Waals surface area contributed by atoms with Gasteiger partial charge in [0.05, 0.1) is 18.4 Å². The Morgan fingerprint density at radius 1 is 0.887 bits per heavy atom. The van der Waals surface area contributed by atoms with Crippen LogP contribution in [0.1, 0.15) is 55.6 Å². The molecule has 5 aromatic rings. The van der Waals surface area contributed by atoms with Gasteiger partial charge in [0.15, 0.2) is 0 Å². The highest BCUT2D eigenvalue weighted by atomic mass is 32.2. The highest BCUT2D eigenvalue weighted by molar-refractivity contribution is 8.00. The normalized spacial score (nSPS) is 13.7. The van der Waals surface area contributed by atoms with Crippen molar-refractivity contribution in [3.8, 4) is 5.75 Å². The molecule has 1 atom stereocenters. The van der Waals surface area contributed by atoms with Crippen molar-refractivity contribution < 1.29 is 28.7 Å². The van der Waals surface area contributed by atoms with Crippen LogP contribution in [0.15, 0.2) is 120 Å². The molecule has 1 aliphatic rings. The van der Waals surface area contributed by atoms with Crippen molar-refractivity contribution in [2.24, 2.45) is 5.92 Å². The molecule has 53 heavy (non-hydrogen) atoms. The van der Waals surface area contributed by atoms with Crippen LogP contribution in [0.25, 0.3) is 6.08 Å². The molecule has 0 bridgehead atoms. The number of hydrogen-bond donors (Lipinski definition) is 3. The first-order chi connectivity index (χ1) is 25.7. The summed E-state index contributed by atoms with van der Waals surface area (Å²) in [5.74, 6) is -0.385. The lowest BCUT2D eigenvalue weighted by molar-refractivity contribution is -0.114. The Balaban J connectivity index is 1.12. The molecule has 0 saturated carbocycles. The Labute approximate surface area is 316 Å². The number of benzene rings is 4. The van der Waals surface area contributed by atoms with Crippen LogP contribution in [0, 0.1) is 5.92 Å². The van der Waals surface area contributed by atoms with Crippen molar-refractivity contribution in [3.63, 3.8) is 0 Å². The van der Waals surface area contributed by atoms with E-state index in [1.165, 1.54) is 30.2 Å². The predicted octanol–water partition coefficient (Wildman–Crippen LogP) is 8.38. The Kier molecular flexibility index (Phi) is 12.4. The fourth-order valence-electron chi connectivity index (χ4n) is 5.84. The SMILES string of the molecule is COC(=O)c1c(NC(=O)CSc2cccc(NC(=O)/C(=C\c3ccc(OCc4ccccc4)cc3)NC(=O)c3ccccc3)c2)sc2c1CCC(C)C2. The second-order valence-corrected chi connectivity index (χ2v) is 14.7. The lowest BCUT2D eigenvalue weighted by Crippen LogP contribution is -2.30. The van der Waals surface area contributed by atoms with Gasteiger partial charge in [-0.25, -0.2) is 4.79 Å². The molecule has 1 aromatic heterocycles. The third kappa shape index (κ3) is 10.0. The Hall–Kier alpha value is -5.65. The van der Waals surface area contributed by atoms with Crippen molar-refractivity contribution in [1.82, 2.24) is 5.32 Å². The number of amides is 3. The summed E-state index contributed by atoms with van der Waals surface area (Å²) in [6, 6.07) is 32.9. The van der Waals surface area contributed by atoms with Gasteiger partial charge < -0.3 is 25.4 Å². The van der Waals surface area contributed by atoms with E-state index in [1.54, 1.807) is 48.5 Å². The van der Waals surface area contributed by atoms with Crippen LogP contribution >= 0.6 is 23.1 Å². The Morgan fingerprint density at radius 3 is 2.36 bits per heavy atom. The first-order valence-electron chi connectivity index (χ1n) is 17.2. The molecule has 1 heterocycles. The Bertz CT molecular complexity index is 2110. The zero-order valence-corrected chi connectivity index (χ0v) is 31.0. The molecule has 0 fully saturated rings. The van der Waals surface area contributed by atoms with Gasteiger partial charge in [0.25, 0.3) is 11.8 Å². The minimum Gasteiger partial charge on any atom is -0.489 e. The molecular formula is C42H39N3O6S2. The van der Waals surface area contributed by atoms with Crippen LogP contribution in [0.5, 0.6) is 5.75 Å². The second kappa shape index (κ2) is 17.7. The Morgan fingerprint density at radius 2 is 1.62 bits per heavy atom. The van der Waals surface area contributed by atoms with E-state index in [0.717, 1.165) is 40.2 Å². The number of nitrogens with one attached hydrogen (secondary N) is 3. The van der Waals surface area contributed by atoms with Gasteiger partial charge >= 0.3 is 5.97 Å². The van der Waals surface area contributed by atoms with Crippen LogP contribution in [0.3, 0.4) is 0 Å². The number of ether oxygens (including phenoxy) is 2. The molecule has 3 amide bonds. The summed E-state index contributed by atoms with van der Waals surface area (Å²) in [7, 11) is 1.35. The number of thiophene rings is 1. The maximum atomic E-state index is 13.7. The quantitative estimate of drug-likeness (QED) is 0.0629.